The molecule has 0 saturated carbocycles. The fourth-order valence-corrected chi connectivity index (χ4v) is 9.55. The molecule has 19 N–H and O–H groups in total. The molecule has 75 heavy (non-hydrogen) atoms. The maximum Gasteiger partial charge on any atom is 0.217 e. The second kappa shape index (κ2) is 26.5. The highest BCUT2D eigenvalue weighted by molar-refractivity contribution is 5.74. The van der Waals surface area contributed by atoms with E-state index < -0.39 is 235 Å². The molecular weight excluding hydrogens is 1030 g/mol. The van der Waals surface area contributed by atoms with Crippen molar-refractivity contribution >= 4 is 17.7 Å². The maximum atomic E-state index is 12.6. The largest absolute Gasteiger partial charge is 0.394 e. The molecule has 33 heteroatoms. The fourth-order valence-electron chi connectivity index (χ4n) is 9.55. The molecule has 434 valence electrons. The van der Waals surface area contributed by atoms with Crippen LogP contribution in [-0.4, -0.2) is 317 Å². The van der Waals surface area contributed by atoms with Gasteiger partial charge in [-0.05, 0) is 6.92 Å². The van der Waals surface area contributed by atoms with Crippen molar-refractivity contribution in [2.45, 2.75) is 212 Å². The third kappa shape index (κ3) is 13.7. The lowest BCUT2D eigenvalue weighted by Crippen LogP contribution is -2.70. The van der Waals surface area contributed by atoms with Crippen molar-refractivity contribution in [1.29, 1.82) is 0 Å². The van der Waals surface area contributed by atoms with Gasteiger partial charge in [0.2, 0.25) is 17.7 Å². The quantitative estimate of drug-likeness (QED) is 0.0606. The van der Waals surface area contributed by atoms with E-state index in [1.165, 1.54) is 6.92 Å². The van der Waals surface area contributed by atoms with E-state index in [9.17, 15) is 96.1 Å². The smallest absolute Gasteiger partial charge is 0.217 e. The van der Waals surface area contributed by atoms with Gasteiger partial charge in [-0.2, -0.15) is 0 Å². The van der Waals surface area contributed by atoms with Crippen LogP contribution in [0, 0.1) is 0 Å². The van der Waals surface area contributed by atoms with Gasteiger partial charge in [0, 0.05) is 20.8 Å². The van der Waals surface area contributed by atoms with Crippen LogP contribution in [0.5, 0.6) is 0 Å². The maximum absolute atomic E-state index is 12.6. The molecule has 6 aliphatic rings. The van der Waals surface area contributed by atoms with Gasteiger partial charge in [0.15, 0.2) is 37.7 Å². The van der Waals surface area contributed by atoms with E-state index in [1.54, 1.807) is 0 Å². The molecule has 0 spiro atoms. The number of aliphatic hydroxyl groups excluding tert-OH is 16. The Morgan fingerprint density at radius 3 is 1.39 bits per heavy atom. The van der Waals surface area contributed by atoms with E-state index in [0.29, 0.717) is 0 Å². The molecule has 6 fully saturated rings. The Labute approximate surface area is 426 Å². The van der Waals surface area contributed by atoms with Crippen molar-refractivity contribution < 1.29 is 148 Å². The predicted octanol–water partition coefficient (Wildman–Crippen LogP) is -12.6. The van der Waals surface area contributed by atoms with E-state index >= 15 is 0 Å². The standard InChI is InChI=1S/C42H71N3O30/c1-10-22(53)29(60)31(62)40(66-10)75-36-30(61)24(55)15(6-47)70-42(36)72-33-17(8-49)71-38(20(28(33)59)44-12(3)51)65-9-18-26(57)34(21(37(64)67-18)45-13(4)52)73-41-32(63)35(25(56)16(7-48)69-41)74-39-19(43-11(2)50)27(58)23(54)14(5-46)68-39/h10,14-42,46-49,53-64H,5-9H2,1-4H3,(H,43,50)(H,44,51)(H,45,52)/t10-,14+,15+,16+,17+,18+,19+,20+,21+,22+,23+,24-,25-,26-,27+,28+,29+,30-,31-,32+,33+,34+,35-,36+,37?,38+,39-,40-,41-,42-/m0/s1. The number of aliphatic hydroxyl groups is 16. The van der Waals surface area contributed by atoms with Crippen molar-refractivity contribution in [3.63, 3.8) is 0 Å². The lowest BCUT2D eigenvalue weighted by Gasteiger charge is -2.50. The monoisotopic (exact) mass is 1100 g/mol. The van der Waals surface area contributed by atoms with Crippen LogP contribution in [-0.2, 0) is 66.5 Å². The van der Waals surface area contributed by atoms with Gasteiger partial charge >= 0.3 is 0 Å². The Hall–Kier alpha value is -2.67. The van der Waals surface area contributed by atoms with Crippen LogP contribution in [0.15, 0.2) is 0 Å². The SMILES string of the molecule is CC(=O)N[C@H]1[C@H](OC[C@H]2OC(O)[C@H](NC(C)=O)[C@@H](O[C@@H]3O[C@H](CO)[C@H](O)[C@H](O[C@@H]4O[C@H](CO)[C@@H](O)[C@H](O)[C@H]4NC(C)=O)[C@H]3O)[C@H]2O)O[C@H](CO)[C@@H](O[C@@H]2O[C@H](CO)[C@H](O)[C@H](O)[C@H]2O[C@@H]2O[C@@H](C)[C@@H](O)[C@@H](O)[C@@H]2O)[C@@H]1O. The summed E-state index contributed by atoms with van der Waals surface area (Å²) in [7, 11) is 0. The molecule has 30 atom stereocenters. The van der Waals surface area contributed by atoms with Crippen LogP contribution in [0.25, 0.3) is 0 Å². The second-order valence-corrected chi connectivity index (χ2v) is 19.0. The van der Waals surface area contributed by atoms with Crippen LogP contribution >= 0.6 is 0 Å². The van der Waals surface area contributed by atoms with Crippen molar-refractivity contribution in [3.8, 4) is 0 Å². The highest BCUT2D eigenvalue weighted by Crippen LogP contribution is 2.36. The number of carbonyl (C=O) groups excluding carboxylic acids is 3. The fraction of sp³-hybridized carbons (Fsp3) is 0.929. The molecule has 0 aromatic carbocycles. The molecule has 1 unspecified atom stereocenters. The molecule has 6 heterocycles. The number of amides is 3. The van der Waals surface area contributed by atoms with Crippen molar-refractivity contribution in [1.82, 2.24) is 16.0 Å². The Balaban J connectivity index is 1.20. The first kappa shape index (κ1) is 61.5. The summed E-state index contributed by atoms with van der Waals surface area (Å²) >= 11 is 0. The van der Waals surface area contributed by atoms with Crippen LogP contribution in [0.1, 0.15) is 27.7 Å². The number of hydrogen-bond acceptors (Lipinski definition) is 30. The van der Waals surface area contributed by atoms with E-state index in [-0.39, 0.29) is 0 Å². The molecule has 0 aromatic heterocycles. The zero-order chi connectivity index (χ0) is 55.5. The Kier molecular flexibility index (Phi) is 21.8. The molecule has 33 nitrogen and oxygen atoms in total. The molecule has 0 aromatic rings. The van der Waals surface area contributed by atoms with Crippen molar-refractivity contribution in [2.24, 2.45) is 0 Å². The minimum Gasteiger partial charge on any atom is -0.394 e. The van der Waals surface area contributed by atoms with Gasteiger partial charge in [0.1, 0.15) is 140 Å². The molecule has 0 aliphatic carbocycles. The Bertz CT molecular complexity index is 1850. The van der Waals surface area contributed by atoms with Crippen LogP contribution in [0.4, 0.5) is 0 Å². The average Bonchev–Trinajstić information content (AvgIpc) is 3.36. The normalized spacial score (nSPS) is 48.6. The molecule has 6 aliphatic heterocycles. The molecule has 0 radical (unpaired) electrons. The van der Waals surface area contributed by atoms with Gasteiger partial charge in [-0.3, -0.25) is 14.4 Å². The summed E-state index contributed by atoms with van der Waals surface area (Å²) in [6, 6.07) is -4.94. The van der Waals surface area contributed by atoms with Gasteiger partial charge in [-0.15, -0.1) is 0 Å². The van der Waals surface area contributed by atoms with Gasteiger partial charge < -0.3 is 150 Å². The minimum atomic E-state index is -2.15. The number of hydrogen-bond donors (Lipinski definition) is 19. The number of rotatable bonds is 18. The van der Waals surface area contributed by atoms with Crippen molar-refractivity contribution in [3.05, 3.63) is 0 Å². The van der Waals surface area contributed by atoms with Crippen LogP contribution < -0.4 is 16.0 Å². The van der Waals surface area contributed by atoms with Crippen LogP contribution in [0.2, 0.25) is 0 Å². The number of ether oxygens (including phenoxy) is 11. The van der Waals surface area contributed by atoms with Gasteiger partial charge in [-0.1, -0.05) is 0 Å². The summed E-state index contributed by atoms with van der Waals surface area (Å²) < 4.78 is 63.3. The summed E-state index contributed by atoms with van der Waals surface area (Å²) in [6.45, 7) is -0.151. The predicted molar refractivity (Wildman–Crippen MR) is 233 cm³/mol. The van der Waals surface area contributed by atoms with E-state index in [0.717, 1.165) is 20.8 Å². The lowest BCUT2D eigenvalue weighted by molar-refractivity contribution is -0.384. The Morgan fingerprint density at radius 2 is 0.813 bits per heavy atom. The van der Waals surface area contributed by atoms with E-state index in [4.69, 9.17) is 52.1 Å². The summed E-state index contributed by atoms with van der Waals surface area (Å²) in [6.07, 6.45) is -49.0. The number of carbonyl (C=O) groups is 3. The average molecular weight is 1100 g/mol. The zero-order valence-corrected chi connectivity index (χ0v) is 40.7. The third-order valence-corrected chi connectivity index (χ3v) is 13.6. The molecule has 6 saturated heterocycles. The summed E-state index contributed by atoms with van der Waals surface area (Å²) in [5, 5.41) is 180. The van der Waals surface area contributed by atoms with Gasteiger partial charge in [0.25, 0.3) is 0 Å². The van der Waals surface area contributed by atoms with E-state index in [2.05, 4.69) is 16.0 Å². The molecule has 0 bridgehead atoms. The zero-order valence-electron chi connectivity index (χ0n) is 40.7. The third-order valence-electron chi connectivity index (χ3n) is 13.6. The first-order chi connectivity index (χ1) is 35.4. The van der Waals surface area contributed by atoms with Gasteiger partial charge in [0.05, 0.1) is 39.1 Å². The lowest BCUT2D eigenvalue weighted by atomic mass is 9.94. The number of nitrogens with one attached hydrogen (secondary N) is 3. The highest BCUT2D eigenvalue weighted by Gasteiger charge is 2.57. The van der Waals surface area contributed by atoms with Gasteiger partial charge in [-0.25, -0.2) is 0 Å². The molecule has 6 rings (SSSR count). The topological polar surface area (TPSA) is 513 Å². The van der Waals surface area contributed by atoms with Crippen LogP contribution in [0.3, 0.4) is 0 Å². The van der Waals surface area contributed by atoms with E-state index in [1.807, 2.05) is 0 Å². The first-order valence-electron chi connectivity index (χ1n) is 23.9. The minimum absolute atomic E-state index is 0.744. The Morgan fingerprint density at radius 1 is 0.373 bits per heavy atom. The summed E-state index contributed by atoms with van der Waals surface area (Å²) in [4.78, 5) is 37.0. The highest BCUT2D eigenvalue weighted by atomic mass is 16.8. The summed E-state index contributed by atoms with van der Waals surface area (Å²) in [5.74, 6) is -2.35. The second-order valence-electron chi connectivity index (χ2n) is 19.0. The van der Waals surface area contributed by atoms with Crippen molar-refractivity contribution in [2.75, 3.05) is 33.0 Å². The first-order valence-corrected chi connectivity index (χ1v) is 23.9. The summed E-state index contributed by atoms with van der Waals surface area (Å²) in [5.41, 5.74) is 0. The molecular formula is C42H71N3O30. The molecule has 3 amide bonds.